The number of hydrogen-bond acceptors (Lipinski definition) is 5. The lowest BCUT2D eigenvalue weighted by atomic mass is 10.0. The van der Waals surface area contributed by atoms with Crippen LogP contribution in [0, 0.1) is 6.92 Å². The molecule has 17 heavy (non-hydrogen) atoms. The first-order valence-electron chi connectivity index (χ1n) is 5.37. The maximum absolute atomic E-state index is 6.09. The van der Waals surface area contributed by atoms with Gasteiger partial charge in [0.25, 0.3) is 0 Å². The minimum atomic E-state index is -0.135. The number of aromatic nitrogens is 2. The smallest absolute Gasteiger partial charge is 0.122 e. The molecule has 1 heterocycles. The number of rotatable bonds is 4. The molecule has 0 aliphatic rings. The highest BCUT2D eigenvalue weighted by atomic mass is 32.1. The van der Waals surface area contributed by atoms with Crippen LogP contribution < -0.4 is 10.5 Å². The van der Waals surface area contributed by atoms with E-state index in [0.29, 0.717) is 6.42 Å². The lowest BCUT2D eigenvalue weighted by Gasteiger charge is -2.12. The Morgan fingerprint density at radius 3 is 2.94 bits per heavy atom. The fourth-order valence-electron chi connectivity index (χ4n) is 1.74. The molecule has 0 spiro atoms. The average molecular weight is 249 g/mol. The summed E-state index contributed by atoms with van der Waals surface area (Å²) >= 11 is 1.18. The van der Waals surface area contributed by atoms with Gasteiger partial charge in [-0.3, -0.25) is 0 Å². The van der Waals surface area contributed by atoms with Crippen LogP contribution in [0.1, 0.15) is 22.9 Å². The lowest BCUT2D eigenvalue weighted by Crippen LogP contribution is -2.14. The second-order valence-electron chi connectivity index (χ2n) is 3.96. The Morgan fingerprint density at radius 1 is 1.47 bits per heavy atom. The van der Waals surface area contributed by atoms with Gasteiger partial charge in [-0.05, 0) is 25.0 Å². The molecular formula is C12H15N3OS. The van der Waals surface area contributed by atoms with Gasteiger partial charge in [0, 0.05) is 0 Å². The fourth-order valence-corrected chi connectivity index (χ4v) is 2.22. The van der Waals surface area contributed by atoms with Gasteiger partial charge in [0.2, 0.25) is 0 Å². The molecule has 5 heteroatoms. The molecule has 1 unspecified atom stereocenters. The summed E-state index contributed by atoms with van der Waals surface area (Å²) in [5.74, 6) is 0.870. The van der Waals surface area contributed by atoms with Crippen LogP contribution in [0.3, 0.4) is 0 Å². The molecule has 2 aromatic rings. The van der Waals surface area contributed by atoms with Crippen molar-refractivity contribution in [2.24, 2.45) is 5.73 Å². The summed E-state index contributed by atoms with van der Waals surface area (Å²) < 4.78 is 13.4. The molecule has 0 radical (unpaired) electrons. The zero-order valence-electron chi connectivity index (χ0n) is 9.88. The predicted molar refractivity (Wildman–Crippen MR) is 68.3 cm³/mol. The fraction of sp³-hybridized carbons (Fsp3) is 0.333. The molecule has 1 aromatic heterocycles. The average Bonchev–Trinajstić information content (AvgIpc) is 2.83. The Morgan fingerprint density at radius 2 is 2.29 bits per heavy atom. The highest BCUT2D eigenvalue weighted by molar-refractivity contribution is 6.99. The molecule has 1 atom stereocenters. The summed E-state index contributed by atoms with van der Waals surface area (Å²) in [6, 6.07) is 5.96. The van der Waals surface area contributed by atoms with E-state index in [1.807, 2.05) is 12.1 Å². The van der Waals surface area contributed by atoms with E-state index >= 15 is 0 Å². The Hall–Kier alpha value is -1.46. The third-order valence-corrected chi connectivity index (χ3v) is 3.13. The topological polar surface area (TPSA) is 61.0 Å². The van der Waals surface area contributed by atoms with Crippen LogP contribution in [0.4, 0.5) is 0 Å². The number of nitrogens with two attached hydrogens (primary N) is 1. The molecule has 1 aromatic carbocycles. The third-order valence-electron chi connectivity index (χ3n) is 2.63. The van der Waals surface area contributed by atoms with Crippen molar-refractivity contribution in [3.63, 3.8) is 0 Å². The number of benzene rings is 1. The summed E-state index contributed by atoms with van der Waals surface area (Å²) in [6.45, 7) is 2.05. The zero-order valence-corrected chi connectivity index (χ0v) is 10.7. The normalized spacial score (nSPS) is 12.4. The molecule has 90 valence electrons. The van der Waals surface area contributed by atoms with Gasteiger partial charge in [0.15, 0.2) is 0 Å². The molecule has 4 nitrogen and oxygen atoms in total. The molecule has 0 aliphatic carbocycles. The summed E-state index contributed by atoms with van der Waals surface area (Å²) in [5, 5.41) is 0. The van der Waals surface area contributed by atoms with Gasteiger partial charge < -0.3 is 10.5 Å². The van der Waals surface area contributed by atoms with E-state index in [1.165, 1.54) is 17.3 Å². The quantitative estimate of drug-likeness (QED) is 0.901. The van der Waals surface area contributed by atoms with Crippen LogP contribution in [0.25, 0.3) is 0 Å². The zero-order chi connectivity index (χ0) is 12.3. The number of nitrogens with zero attached hydrogens (tertiary/aromatic N) is 2. The van der Waals surface area contributed by atoms with Gasteiger partial charge in [-0.15, -0.1) is 0 Å². The highest BCUT2D eigenvalue weighted by Gasteiger charge is 2.13. The number of aryl methyl sites for hydroxylation is 1. The van der Waals surface area contributed by atoms with E-state index in [9.17, 15) is 0 Å². The van der Waals surface area contributed by atoms with Crippen molar-refractivity contribution in [1.82, 2.24) is 8.75 Å². The maximum atomic E-state index is 6.09. The van der Waals surface area contributed by atoms with Crippen LogP contribution in [-0.2, 0) is 6.42 Å². The number of methoxy groups -OCH3 is 1. The first kappa shape index (κ1) is 12.0. The molecular weight excluding hydrogens is 234 g/mol. The first-order valence-corrected chi connectivity index (χ1v) is 6.10. The van der Waals surface area contributed by atoms with Crippen LogP contribution in [0.15, 0.2) is 24.4 Å². The van der Waals surface area contributed by atoms with E-state index in [1.54, 1.807) is 13.3 Å². The molecule has 0 saturated carbocycles. The standard InChI is InChI=1S/C12H15N3OS/c1-8-3-4-12(16-2)9(5-8)6-10(13)11-7-14-17-15-11/h3-5,7,10H,6,13H2,1-2H3. The lowest BCUT2D eigenvalue weighted by molar-refractivity contribution is 0.408. The van der Waals surface area contributed by atoms with Crippen molar-refractivity contribution in [1.29, 1.82) is 0 Å². The highest BCUT2D eigenvalue weighted by Crippen LogP contribution is 2.24. The van der Waals surface area contributed by atoms with Crippen LogP contribution in [0.5, 0.6) is 5.75 Å². The molecule has 0 bridgehead atoms. The van der Waals surface area contributed by atoms with Crippen molar-refractivity contribution < 1.29 is 4.74 Å². The molecule has 0 amide bonds. The van der Waals surface area contributed by atoms with Gasteiger partial charge >= 0.3 is 0 Å². The molecule has 2 rings (SSSR count). The Bertz CT molecular complexity index is 485. The van der Waals surface area contributed by atoms with E-state index in [0.717, 1.165) is 17.0 Å². The molecule has 0 saturated heterocycles. The second-order valence-corrected chi connectivity index (χ2v) is 4.51. The summed E-state index contributed by atoms with van der Waals surface area (Å²) in [4.78, 5) is 0. The minimum absolute atomic E-state index is 0.135. The summed E-state index contributed by atoms with van der Waals surface area (Å²) in [6.07, 6.45) is 2.42. The van der Waals surface area contributed by atoms with Crippen LogP contribution >= 0.6 is 11.7 Å². The van der Waals surface area contributed by atoms with Crippen molar-refractivity contribution >= 4 is 11.7 Å². The van der Waals surface area contributed by atoms with Crippen molar-refractivity contribution in [3.05, 3.63) is 41.2 Å². The van der Waals surface area contributed by atoms with E-state index in [2.05, 4.69) is 21.7 Å². The van der Waals surface area contributed by atoms with Gasteiger partial charge in [-0.1, -0.05) is 17.7 Å². The van der Waals surface area contributed by atoms with Crippen molar-refractivity contribution in [3.8, 4) is 5.75 Å². The summed E-state index contributed by atoms with van der Waals surface area (Å²) in [5.41, 5.74) is 9.23. The Balaban J connectivity index is 2.20. The van der Waals surface area contributed by atoms with Crippen molar-refractivity contribution in [2.45, 2.75) is 19.4 Å². The van der Waals surface area contributed by atoms with Gasteiger partial charge in [0.05, 0.1) is 36.8 Å². The minimum Gasteiger partial charge on any atom is -0.496 e. The molecule has 0 aliphatic heterocycles. The van der Waals surface area contributed by atoms with Crippen LogP contribution in [-0.4, -0.2) is 15.9 Å². The largest absolute Gasteiger partial charge is 0.496 e. The van der Waals surface area contributed by atoms with E-state index < -0.39 is 0 Å². The van der Waals surface area contributed by atoms with E-state index in [-0.39, 0.29) is 6.04 Å². The van der Waals surface area contributed by atoms with E-state index in [4.69, 9.17) is 10.5 Å². The number of hydrogen-bond donors (Lipinski definition) is 1. The van der Waals surface area contributed by atoms with Crippen molar-refractivity contribution in [2.75, 3.05) is 7.11 Å². The monoisotopic (exact) mass is 249 g/mol. The Labute approximate surface area is 105 Å². The second kappa shape index (κ2) is 5.25. The summed E-state index contributed by atoms with van der Waals surface area (Å²) in [7, 11) is 1.67. The molecule has 2 N–H and O–H groups in total. The first-order chi connectivity index (χ1) is 8.20. The van der Waals surface area contributed by atoms with Gasteiger partial charge in [0.1, 0.15) is 5.75 Å². The maximum Gasteiger partial charge on any atom is 0.122 e. The Kier molecular flexibility index (Phi) is 3.71. The van der Waals surface area contributed by atoms with Gasteiger partial charge in [-0.2, -0.15) is 8.75 Å². The predicted octanol–water partition coefficient (Wildman–Crippen LogP) is 2.10. The number of ether oxygens (including phenoxy) is 1. The van der Waals surface area contributed by atoms with Gasteiger partial charge in [-0.25, -0.2) is 0 Å². The third kappa shape index (κ3) is 2.81. The van der Waals surface area contributed by atoms with Crippen LogP contribution in [0.2, 0.25) is 0 Å². The SMILES string of the molecule is COc1ccc(C)cc1CC(N)c1cnsn1. The molecule has 0 fully saturated rings.